The van der Waals surface area contributed by atoms with Crippen LogP contribution in [-0.2, 0) is 0 Å². The smallest absolute Gasteiger partial charge is 0.411 e. The number of para-hydroxylation sites is 1. The zero-order chi connectivity index (χ0) is 7.68. The third kappa shape index (κ3) is 1.15. The topological polar surface area (TPSA) is 49.4 Å². The number of anilines is 1. The number of rotatable bonds is 0. The van der Waals surface area contributed by atoms with Crippen molar-refractivity contribution in [3.63, 3.8) is 0 Å². The second kappa shape index (κ2) is 3.28. The highest BCUT2D eigenvalue weighted by molar-refractivity contribution is 5.77. The normalized spacial score (nSPS) is 11.6. The van der Waals surface area contributed by atoms with E-state index in [1.54, 1.807) is 12.1 Å². The van der Waals surface area contributed by atoms with Gasteiger partial charge in [0.25, 0.3) is 0 Å². The molecule has 0 aliphatic carbocycles. The first-order valence-corrected chi connectivity index (χ1v) is 3.26. The van der Waals surface area contributed by atoms with Crippen LogP contribution in [0.25, 0.3) is 4.98 Å². The molecule has 62 valence electrons. The second-order valence-corrected chi connectivity index (χ2v) is 2.22. The molecule has 0 amide bonds. The molecule has 0 saturated heterocycles. The summed E-state index contributed by atoms with van der Waals surface area (Å²) in [7, 11) is 0. The lowest BCUT2D eigenvalue weighted by molar-refractivity contribution is -0.00000279. The molecule has 4 nitrogen and oxygen atoms in total. The van der Waals surface area contributed by atoms with E-state index in [9.17, 15) is 0 Å². The van der Waals surface area contributed by atoms with Gasteiger partial charge in [-0.15, -0.1) is 0 Å². The lowest BCUT2D eigenvalue weighted by Gasteiger charge is -1.89. The number of halogens is 1. The van der Waals surface area contributed by atoms with Crippen molar-refractivity contribution >= 4 is 11.4 Å². The summed E-state index contributed by atoms with van der Waals surface area (Å²) in [5, 5.41) is 11.5. The van der Waals surface area contributed by atoms with Gasteiger partial charge in [0.15, 0.2) is 23.1 Å². The van der Waals surface area contributed by atoms with Crippen LogP contribution in [-0.4, -0.2) is 6.73 Å². The van der Waals surface area contributed by atoms with Crippen LogP contribution in [0.3, 0.4) is 0 Å². The minimum Gasteiger partial charge on any atom is -1.00 e. The minimum absolute atomic E-state index is 0. The van der Waals surface area contributed by atoms with Crippen molar-refractivity contribution in [1.29, 1.82) is 5.39 Å². The molecule has 0 aromatic heterocycles. The molecule has 1 aliphatic rings. The Hall–Kier alpha value is -1.47. The second-order valence-electron chi connectivity index (χ2n) is 2.22. The van der Waals surface area contributed by atoms with Gasteiger partial charge in [0.2, 0.25) is 5.39 Å². The van der Waals surface area contributed by atoms with Crippen molar-refractivity contribution < 1.29 is 17.1 Å². The number of fused-ring (bicyclic) bond motifs is 1. The fraction of sp³-hybridized carbons (Fsp3) is 0.143. The van der Waals surface area contributed by atoms with Gasteiger partial charge in [-0.2, -0.15) is 0 Å². The van der Waals surface area contributed by atoms with Crippen LogP contribution < -0.4 is 22.5 Å². The standard InChI is InChI=1S/C7H6N3O.ClH/c8-10-5-2-1-3-6-7(5)9-4-11-6;/h1-3,9H,4H2;1H/q+1;/p-1. The number of hydrogen-bond acceptors (Lipinski definition) is 3. The van der Waals surface area contributed by atoms with E-state index in [0.717, 1.165) is 11.4 Å². The van der Waals surface area contributed by atoms with Crippen LogP contribution in [0.2, 0.25) is 0 Å². The summed E-state index contributed by atoms with van der Waals surface area (Å²) >= 11 is 0. The molecule has 1 aliphatic heterocycles. The molecule has 0 saturated carbocycles. The average Bonchev–Trinajstić information content (AvgIpc) is 2.50. The lowest BCUT2D eigenvalue weighted by Crippen LogP contribution is -3.00. The van der Waals surface area contributed by atoms with Crippen LogP contribution in [0.4, 0.5) is 11.4 Å². The van der Waals surface area contributed by atoms with Crippen molar-refractivity contribution in [2.45, 2.75) is 0 Å². The van der Waals surface area contributed by atoms with Crippen molar-refractivity contribution in [2.24, 2.45) is 0 Å². The summed E-state index contributed by atoms with van der Waals surface area (Å²) in [6, 6.07) is 5.31. The molecule has 0 bridgehead atoms. The maximum Gasteiger partial charge on any atom is 0.411 e. The third-order valence-corrected chi connectivity index (χ3v) is 1.59. The van der Waals surface area contributed by atoms with Crippen LogP contribution in [0.1, 0.15) is 0 Å². The molecule has 1 aromatic rings. The predicted molar refractivity (Wildman–Crippen MR) is 40.3 cm³/mol. The van der Waals surface area contributed by atoms with E-state index in [2.05, 4.69) is 10.3 Å². The molecule has 0 fully saturated rings. The van der Waals surface area contributed by atoms with E-state index in [1.807, 2.05) is 6.07 Å². The maximum absolute atomic E-state index is 8.53. The molecule has 1 N–H and O–H groups in total. The van der Waals surface area contributed by atoms with E-state index >= 15 is 0 Å². The largest absolute Gasteiger partial charge is 1.00 e. The van der Waals surface area contributed by atoms with Gasteiger partial charge >= 0.3 is 5.69 Å². The Morgan fingerprint density at radius 2 is 2.33 bits per heavy atom. The third-order valence-electron chi connectivity index (χ3n) is 1.59. The zero-order valence-corrected chi connectivity index (χ0v) is 6.88. The Balaban J connectivity index is 0.000000720. The van der Waals surface area contributed by atoms with Gasteiger partial charge in [-0.05, 0) is 6.07 Å². The summed E-state index contributed by atoms with van der Waals surface area (Å²) in [5.41, 5.74) is 1.27. The van der Waals surface area contributed by atoms with E-state index in [1.165, 1.54) is 0 Å². The van der Waals surface area contributed by atoms with Gasteiger partial charge < -0.3 is 22.5 Å². The Morgan fingerprint density at radius 3 is 3.08 bits per heavy atom. The van der Waals surface area contributed by atoms with Crippen molar-refractivity contribution in [1.82, 2.24) is 0 Å². The Kier molecular flexibility index (Phi) is 2.36. The lowest BCUT2D eigenvalue weighted by atomic mass is 10.2. The molecule has 0 radical (unpaired) electrons. The molecular formula is C7H6ClN3O. The van der Waals surface area contributed by atoms with Crippen molar-refractivity contribution in [3.05, 3.63) is 23.2 Å². The fourth-order valence-electron chi connectivity index (χ4n) is 1.09. The quantitative estimate of drug-likeness (QED) is 0.522. The molecule has 1 heterocycles. The summed E-state index contributed by atoms with van der Waals surface area (Å²) in [5.74, 6) is 0.736. The van der Waals surface area contributed by atoms with Crippen LogP contribution in [0.5, 0.6) is 5.75 Å². The van der Waals surface area contributed by atoms with Gasteiger partial charge in [0.05, 0.1) is 0 Å². The highest BCUT2D eigenvalue weighted by atomic mass is 35.5. The van der Waals surface area contributed by atoms with Gasteiger partial charge in [0, 0.05) is 6.07 Å². The molecule has 1 aromatic carbocycles. The highest BCUT2D eigenvalue weighted by Crippen LogP contribution is 2.37. The first-order valence-electron chi connectivity index (χ1n) is 3.26. The molecule has 0 spiro atoms. The summed E-state index contributed by atoms with van der Waals surface area (Å²) in [6.45, 7) is 0.446. The molecule has 2 rings (SSSR count). The Morgan fingerprint density at radius 1 is 1.50 bits per heavy atom. The van der Waals surface area contributed by atoms with Crippen LogP contribution in [0, 0.1) is 5.39 Å². The van der Waals surface area contributed by atoms with Gasteiger partial charge in [-0.1, -0.05) is 6.07 Å². The van der Waals surface area contributed by atoms with Crippen LogP contribution >= 0.6 is 0 Å². The number of benzene rings is 1. The molecule has 0 unspecified atom stereocenters. The van der Waals surface area contributed by atoms with Crippen molar-refractivity contribution in [3.8, 4) is 5.75 Å². The summed E-state index contributed by atoms with van der Waals surface area (Å²) < 4.78 is 5.16. The first-order chi connectivity index (χ1) is 5.42. The average molecular weight is 184 g/mol. The number of nitrogens with zero attached hydrogens (tertiary/aromatic N) is 2. The number of ether oxygens (including phenoxy) is 1. The summed E-state index contributed by atoms with van der Waals surface area (Å²) in [6.07, 6.45) is 0. The Labute approximate surface area is 75.6 Å². The predicted octanol–water partition coefficient (Wildman–Crippen LogP) is -1.06. The zero-order valence-electron chi connectivity index (χ0n) is 6.12. The number of nitrogens with one attached hydrogen (secondary N) is 1. The number of hydrogen-bond donors (Lipinski definition) is 1. The highest BCUT2D eigenvalue weighted by Gasteiger charge is 2.22. The van der Waals surface area contributed by atoms with Crippen LogP contribution in [0.15, 0.2) is 18.2 Å². The monoisotopic (exact) mass is 183 g/mol. The Bertz CT molecular complexity index is 334. The number of diazo groups is 1. The minimum atomic E-state index is 0. The molecular weight excluding hydrogens is 178 g/mol. The molecule has 12 heavy (non-hydrogen) atoms. The molecule has 0 atom stereocenters. The SMILES string of the molecule is N#[N+]c1cccc2c1NCO2.[Cl-]. The summed E-state index contributed by atoms with van der Waals surface area (Å²) in [4.78, 5) is 3.10. The first kappa shape index (κ1) is 8.62. The van der Waals surface area contributed by atoms with E-state index in [4.69, 9.17) is 10.1 Å². The van der Waals surface area contributed by atoms with Gasteiger partial charge in [0.1, 0.15) is 0 Å². The molecule has 5 heteroatoms. The fourth-order valence-corrected chi connectivity index (χ4v) is 1.09. The van der Waals surface area contributed by atoms with E-state index in [-0.39, 0.29) is 12.4 Å². The van der Waals surface area contributed by atoms with E-state index < -0.39 is 0 Å². The van der Waals surface area contributed by atoms with Crippen molar-refractivity contribution in [2.75, 3.05) is 12.0 Å². The van der Waals surface area contributed by atoms with Gasteiger partial charge in [-0.25, -0.2) is 0 Å². The van der Waals surface area contributed by atoms with E-state index in [0.29, 0.717) is 12.4 Å². The maximum atomic E-state index is 8.53. The van der Waals surface area contributed by atoms with Gasteiger partial charge in [-0.3, -0.25) is 0 Å².